The lowest BCUT2D eigenvalue weighted by Gasteiger charge is -2.22. The largest absolute Gasteiger partial charge is 0.322 e. The maximum atomic E-state index is 11.3. The van der Waals surface area contributed by atoms with Gasteiger partial charge in [0.2, 0.25) is 5.28 Å². The molecule has 1 saturated heterocycles. The molecule has 0 unspecified atom stereocenters. The first-order valence-corrected chi connectivity index (χ1v) is 7.07. The summed E-state index contributed by atoms with van der Waals surface area (Å²) in [6.45, 7) is 0. The van der Waals surface area contributed by atoms with Crippen LogP contribution >= 0.6 is 11.6 Å². The van der Waals surface area contributed by atoms with Crippen molar-refractivity contribution in [3.8, 4) is 0 Å². The zero-order valence-corrected chi connectivity index (χ0v) is 10.1. The molecule has 0 N–H and O–H groups in total. The number of halogens is 1. The van der Waals surface area contributed by atoms with Gasteiger partial charge >= 0.3 is 0 Å². The van der Waals surface area contributed by atoms with Crippen molar-refractivity contribution in [3.05, 3.63) is 17.2 Å². The number of nitrogens with zero attached hydrogens (tertiary/aromatic N) is 2. The van der Waals surface area contributed by atoms with Gasteiger partial charge in [-0.2, -0.15) is 0 Å². The molecule has 1 fully saturated rings. The van der Waals surface area contributed by atoms with Gasteiger partial charge in [0.1, 0.15) is 9.84 Å². The van der Waals surface area contributed by atoms with Crippen LogP contribution in [0, 0.1) is 0 Å². The number of hydrogen-bond acceptors (Lipinski definition) is 3. The zero-order chi connectivity index (χ0) is 11.1. The summed E-state index contributed by atoms with van der Waals surface area (Å²) in [7, 11) is -0.937. The molecular formula is C9H13ClN2O2S. The molecule has 6 heteroatoms. The van der Waals surface area contributed by atoms with Crippen LogP contribution in [0.2, 0.25) is 5.28 Å². The van der Waals surface area contributed by atoms with E-state index in [1.54, 1.807) is 6.20 Å². The molecular weight excluding hydrogens is 236 g/mol. The van der Waals surface area contributed by atoms with Crippen molar-refractivity contribution in [3.63, 3.8) is 0 Å². The van der Waals surface area contributed by atoms with E-state index in [1.807, 2.05) is 11.6 Å². The van der Waals surface area contributed by atoms with Gasteiger partial charge in [-0.1, -0.05) is 0 Å². The van der Waals surface area contributed by atoms with E-state index in [-0.39, 0.29) is 17.4 Å². The van der Waals surface area contributed by atoms with Gasteiger partial charge in [0.25, 0.3) is 0 Å². The van der Waals surface area contributed by atoms with Crippen LogP contribution in [0.1, 0.15) is 24.5 Å². The van der Waals surface area contributed by atoms with Crippen molar-refractivity contribution in [2.24, 2.45) is 7.05 Å². The third-order valence-corrected chi connectivity index (χ3v) is 5.01. The van der Waals surface area contributed by atoms with Crippen LogP contribution < -0.4 is 0 Å². The molecule has 1 aromatic heterocycles. The fourth-order valence-electron chi connectivity index (χ4n) is 1.96. The van der Waals surface area contributed by atoms with E-state index in [0.717, 1.165) is 5.69 Å². The van der Waals surface area contributed by atoms with Gasteiger partial charge in [-0.05, 0) is 24.4 Å². The van der Waals surface area contributed by atoms with Crippen molar-refractivity contribution in [1.29, 1.82) is 0 Å². The van der Waals surface area contributed by atoms with E-state index in [2.05, 4.69) is 4.98 Å². The van der Waals surface area contributed by atoms with E-state index < -0.39 is 9.84 Å². The second-order valence-corrected chi connectivity index (χ2v) is 6.58. The molecule has 0 amide bonds. The summed E-state index contributed by atoms with van der Waals surface area (Å²) in [4.78, 5) is 4.01. The lowest BCUT2D eigenvalue weighted by Crippen LogP contribution is -2.23. The number of rotatable bonds is 1. The Morgan fingerprint density at radius 1 is 1.47 bits per heavy atom. The van der Waals surface area contributed by atoms with Crippen molar-refractivity contribution >= 4 is 21.4 Å². The summed E-state index contributed by atoms with van der Waals surface area (Å²) in [5.74, 6) is 0.833. The van der Waals surface area contributed by atoms with Gasteiger partial charge in [-0.25, -0.2) is 13.4 Å². The molecule has 0 bridgehead atoms. The normalized spacial score (nSPS) is 21.7. The van der Waals surface area contributed by atoms with Crippen molar-refractivity contribution in [1.82, 2.24) is 9.55 Å². The van der Waals surface area contributed by atoms with E-state index >= 15 is 0 Å². The van der Waals surface area contributed by atoms with E-state index in [4.69, 9.17) is 11.6 Å². The molecule has 0 saturated carbocycles. The van der Waals surface area contributed by atoms with Crippen LogP contribution in [-0.2, 0) is 16.9 Å². The Bertz CT molecular complexity index is 452. The van der Waals surface area contributed by atoms with Crippen LogP contribution in [0.5, 0.6) is 0 Å². The molecule has 0 radical (unpaired) electrons. The maximum absolute atomic E-state index is 11.3. The standard InChI is InChI=1S/C9H13ClN2O2S/c1-12-8(6-11-9(12)10)7-2-4-15(13,14)5-3-7/h6-7H,2-5H2,1H3. The zero-order valence-electron chi connectivity index (χ0n) is 8.48. The first-order valence-electron chi connectivity index (χ1n) is 4.87. The summed E-state index contributed by atoms with van der Waals surface area (Å²) >= 11 is 5.84. The highest BCUT2D eigenvalue weighted by Crippen LogP contribution is 2.29. The predicted octanol–water partition coefficient (Wildman–Crippen LogP) is 1.37. The minimum Gasteiger partial charge on any atom is -0.322 e. The van der Waals surface area contributed by atoms with Crippen LogP contribution in [0.25, 0.3) is 0 Å². The Morgan fingerprint density at radius 2 is 2.07 bits per heavy atom. The Hall–Kier alpha value is -0.550. The molecule has 2 heterocycles. The molecule has 84 valence electrons. The smallest absolute Gasteiger partial charge is 0.202 e. The second-order valence-electron chi connectivity index (χ2n) is 3.94. The van der Waals surface area contributed by atoms with Crippen molar-refractivity contribution in [2.45, 2.75) is 18.8 Å². The number of aromatic nitrogens is 2. The maximum Gasteiger partial charge on any atom is 0.202 e. The fourth-order valence-corrected chi connectivity index (χ4v) is 3.60. The van der Waals surface area contributed by atoms with E-state index in [9.17, 15) is 8.42 Å². The molecule has 0 aromatic carbocycles. The van der Waals surface area contributed by atoms with Crippen LogP contribution in [0.3, 0.4) is 0 Å². The lowest BCUT2D eigenvalue weighted by molar-refractivity contribution is 0.536. The lowest BCUT2D eigenvalue weighted by atomic mass is 9.99. The quantitative estimate of drug-likeness (QED) is 0.754. The summed E-state index contributed by atoms with van der Waals surface area (Å²) in [6, 6.07) is 0. The fraction of sp³-hybridized carbons (Fsp3) is 0.667. The molecule has 0 atom stereocenters. The molecule has 2 rings (SSSR count). The van der Waals surface area contributed by atoms with Crippen molar-refractivity contribution < 1.29 is 8.42 Å². The first kappa shape index (κ1) is 11.0. The van der Waals surface area contributed by atoms with Crippen LogP contribution in [0.15, 0.2) is 6.20 Å². The minimum absolute atomic E-state index is 0.276. The van der Waals surface area contributed by atoms with Gasteiger partial charge in [-0.15, -0.1) is 0 Å². The number of sulfone groups is 1. The summed E-state index contributed by atoms with van der Waals surface area (Å²) in [5, 5.41) is 0.457. The van der Waals surface area contributed by atoms with Crippen LogP contribution in [-0.4, -0.2) is 29.5 Å². The topological polar surface area (TPSA) is 52.0 Å². The summed E-state index contributed by atoms with van der Waals surface area (Å²) in [5.41, 5.74) is 1.04. The van der Waals surface area contributed by atoms with Gasteiger partial charge < -0.3 is 4.57 Å². The van der Waals surface area contributed by atoms with E-state index in [0.29, 0.717) is 18.1 Å². The van der Waals surface area contributed by atoms with Crippen LogP contribution in [0.4, 0.5) is 0 Å². The van der Waals surface area contributed by atoms with Crippen molar-refractivity contribution in [2.75, 3.05) is 11.5 Å². The summed E-state index contributed by atoms with van der Waals surface area (Å²) < 4.78 is 24.4. The highest BCUT2D eigenvalue weighted by atomic mass is 35.5. The third kappa shape index (κ3) is 2.18. The number of hydrogen-bond donors (Lipinski definition) is 0. The second kappa shape index (κ2) is 3.79. The SMILES string of the molecule is Cn1c(C2CCS(=O)(=O)CC2)cnc1Cl. The third-order valence-electron chi connectivity index (χ3n) is 2.94. The summed E-state index contributed by atoms with van der Waals surface area (Å²) in [6.07, 6.45) is 3.10. The molecule has 4 nitrogen and oxygen atoms in total. The first-order chi connectivity index (χ1) is 6.99. The minimum atomic E-state index is -2.79. The number of imidazole rings is 1. The van der Waals surface area contributed by atoms with E-state index in [1.165, 1.54) is 0 Å². The molecule has 1 aliphatic heterocycles. The monoisotopic (exact) mass is 248 g/mol. The Morgan fingerprint density at radius 3 is 2.53 bits per heavy atom. The Balaban J connectivity index is 2.18. The van der Waals surface area contributed by atoms with Gasteiger partial charge in [-0.3, -0.25) is 0 Å². The molecule has 1 aliphatic rings. The highest BCUT2D eigenvalue weighted by molar-refractivity contribution is 7.91. The van der Waals surface area contributed by atoms with Gasteiger partial charge in [0.05, 0.1) is 17.7 Å². The van der Waals surface area contributed by atoms with Gasteiger partial charge in [0.15, 0.2) is 0 Å². The molecule has 0 aliphatic carbocycles. The molecule has 1 aromatic rings. The Kier molecular flexibility index (Phi) is 2.77. The average molecular weight is 249 g/mol. The average Bonchev–Trinajstić information content (AvgIpc) is 2.49. The highest BCUT2D eigenvalue weighted by Gasteiger charge is 2.26. The Labute approximate surface area is 94.2 Å². The molecule has 15 heavy (non-hydrogen) atoms. The molecule has 0 spiro atoms. The predicted molar refractivity (Wildman–Crippen MR) is 58.8 cm³/mol. The van der Waals surface area contributed by atoms with Gasteiger partial charge in [0, 0.05) is 18.7 Å².